The molecule has 1 unspecified atom stereocenters. The number of carbonyl (C=O) groups is 3. The number of alkyl halides is 1. The number of anilines is 1. The van der Waals surface area contributed by atoms with Gasteiger partial charge in [0.2, 0.25) is 5.67 Å². The molecular formula is C26H35FN4O5. The van der Waals surface area contributed by atoms with Crippen LogP contribution in [0.1, 0.15) is 37.7 Å². The molecule has 0 aromatic heterocycles. The van der Waals surface area contributed by atoms with Crippen molar-refractivity contribution in [1.29, 1.82) is 0 Å². The van der Waals surface area contributed by atoms with Crippen molar-refractivity contribution in [2.45, 2.75) is 44.3 Å². The largest absolute Gasteiger partial charge is 0.480 e. The van der Waals surface area contributed by atoms with E-state index < -0.39 is 23.5 Å². The monoisotopic (exact) mass is 502 g/mol. The molecule has 1 fully saturated rings. The van der Waals surface area contributed by atoms with E-state index in [4.69, 9.17) is 0 Å². The van der Waals surface area contributed by atoms with Crippen LogP contribution in [0.3, 0.4) is 0 Å². The standard InChI is InChI=1S/C26H35FN4O5/c27-26(10-4-2-1-3-5-11-26)25(36)28-22-8-6-21(7-9-22)18-29-12-14-30(19-23(32)33)16-17-31(15-13-29)20-24(34)35/h6-9H,1-4,10,12-20H2,(H,28,36)(H,32,33)(H,34,35). The third kappa shape index (κ3) is 8.90. The van der Waals surface area contributed by atoms with Crippen LogP contribution in [-0.4, -0.2) is 101 Å². The van der Waals surface area contributed by atoms with Gasteiger partial charge < -0.3 is 15.5 Å². The fraction of sp³-hybridized carbons (Fsp3) is 0.577. The lowest BCUT2D eigenvalue weighted by Crippen LogP contribution is -2.40. The maximum atomic E-state index is 15.1. The van der Waals surface area contributed by atoms with Gasteiger partial charge in [-0.2, -0.15) is 0 Å². The van der Waals surface area contributed by atoms with Gasteiger partial charge in [0.25, 0.3) is 5.91 Å². The summed E-state index contributed by atoms with van der Waals surface area (Å²) in [4.78, 5) is 40.8. The van der Waals surface area contributed by atoms with Crippen LogP contribution in [-0.2, 0) is 20.9 Å². The molecule has 0 saturated carbocycles. The van der Waals surface area contributed by atoms with Gasteiger partial charge in [0.05, 0.1) is 13.1 Å². The quantitative estimate of drug-likeness (QED) is 0.462. The number of carboxylic acids is 2. The van der Waals surface area contributed by atoms with Gasteiger partial charge in [-0.15, -0.1) is 0 Å². The number of aliphatic carboxylic acids is 2. The van der Waals surface area contributed by atoms with Crippen LogP contribution in [0.2, 0.25) is 0 Å². The number of nitrogens with zero attached hydrogens (tertiary/aromatic N) is 3. The molecule has 1 aromatic rings. The summed E-state index contributed by atoms with van der Waals surface area (Å²) in [6, 6.07) is 7.19. The average Bonchev–Trinajstić information content (AvgIpc) is 2.89. The number of amides is 1. The van der Waals surface area contributed by atoms with E-state index >= 15 is 4.39 Å². The highest BCUT2D eigenvalue weighted by atomic mass is 19.1. The number of hydrogen-bond donors (Lipinski definition) is 3. The average molecular weight is 503 g/mol. The van der Waals surface area contributed by atoms with E-state index in [9.17, 15) is 24.6 Å². The maximum absolute atomic E-state index is 15.1. The molecule has 1 aromatic carbocycles. The molecule has 2 aliphatic rings. The Balaban J connectivity index is 1.62. The fourth-order valence-corrected chi connectivity index (χ4v) is 4.42. The van der Waals surface area contributed by atoms with Crippen LogP contribution < -0.4 is 5.32 Å². The number of halogens is 1. The van der Waals surface area contributed by atoms with Gasteiger partial charge in [-0.05, 0) is 30.5 Å². The number of benzene rings is 1. The van der Waals surface area contributed by atoms with Crippen molar-refractivity contribution in [2.24, 2.45) is 0 Å². The molecule has 1 aliphatic heterocycles. The Morgan fingerprint density at radius 1 is 0.861 bits per heavy atom. The van der Waals surface area contributed by atoms with Gasteiger partial charge in [0.15, 0.2) is 0 Å². The van der Waals surface area contributed by atoms with Crippen LogP contribution in [0.15, 0.2) is 24.3 Å². The fourth-order valence-electron chi connectivity index (χ4n) is 4.42. The number of carbonyl (C=O) groups excluding carboxylic acids is 1. The Hall–Kier alpha value is -3.00. The highest BCUT2D eigenvalue weighted by Gasteiger charge is 2.36. The van der Waals surface area contributed by atoms with E-state index in [2.05, 4.69) is 22.1 Å². The molecule has 1 atom stereocenters. The molecule has 1 amide bonds. The Morgan fingerprint density at radius 2 is 1.42 bits per heavy atom. The summed E-state index contributed by atoms with van der Waals surface area (Å²) in [7, 11) is 0. The van der Waals surface area contributed by atoms with Crippen molar-refractivity contribution in [3.05, 3.63) is 29.8 Å². The number of nitrogens with one attached hydrogen (secondary N) is 1. The van der Waals surface area contributed by atoms with Crippen LogP contribution in [0.5, 0.6) is 0 Å². The lowest BCUT2D eigenvalue weighted by Gasteiger charge is -2.25. The second-order valence-electron chi connectivity index (χ2n) is 9.43. The van der Waals surface area contributed by atoms with Gasteiger partial charge >= 0.3 is 11.9 Å². The van der Waals surface area contributed by atoms with Crippen LogP contribution >= 0.6 is 0 Å². The van der Waals surface area contributed by atoms with E-state index in [0.717, 1.165) is 18.4 Å². The first-order valence-electron chi connectivity index (χ1n) is 12.4. The molecule has 1 saturated heterocycles. The Morgan fingerprint density at radius 3 is 1.97 bits per heavy atom. The number of hydrogen-bond acceptors (Lipinski definition) is 6. The Bertz CT molecular complexity index is 949. The summed E-state index contributed by atoms with van der Waals surface area (Å²) in [6.07, 6.45) is 3.11. The molecule has 1 aliphatic carbocycles. The van der Waals surface area contributed by atoms with Gasteiger partial charge in [0, 0.05) is 64.3 Å². The highest BCUT2D eigenvalue weighted by molar-refractivity contribution is 5.99. The molecule has 10 heteroatoms. The van der Waals surface area contributed by atoms with E-state index in [1.807, 2.05) is 21.9 Å². The smallest absolute Gasteiger partial charge is 0.317 e. The first kappa shape index (κ1) is 27.6. The lowest BCUT2D eigenvalue weighted by molar-refractivity contribution is -0.140. The predicted octanol–water partition coefficient (Wildman–Crippen LogP) is 1.89. The van der Waals surface area contributed by atoms with Crippen molar-refractivity contribution in [2.75, 3.05) is 57.7 Å². The topological polar surface area (TPSA) is 113 Å². The summed E-state index contributed by atoms with van der Waals surface area (Å²) in [5, 5.41) is 21.1. The lowest BCUT2D eigenvalue weighted by atomic mass is 9.94. The molecule has 0 bridgehead atoms. The van der Waals surface area contributed by atoms with Gasteiger partial charge in [-0.25, -0.2) is 4.39 Å². The highest BCUT2D eigenvalue weighted by Crippen LogP contribution is 2.24. The zero-order valence-corrected chi connectivity index (χ0v) is 20.5. The third-order valence-electron chi connectivity index (χ3n) is 6.50. The van der Waals surface area contributed by atoms with Gasteiger partial charge in [0.1, 0.15) is 0 Å². The summed E-state index contributed by atoms with van der Waals surface area (Å²) in [5.41, 5.74) is -0.705. The molecule has 3 rings (SSSR count). The van der Waals surface area contributed by atoms with Crippen molar-refractivity contribution >= 4 is 23.5 Å². The normalized spacial score (nSPS) is 22.6. The maximum Gasteiger partial charge on any atom is 0.317 e. The molecule has 1 heterocycles. The summed E-state index contributed by atoms with van der Waals surface area (Å²) < 4.78 is 15.1. The van der Waals surface area contributed by atoms with E-state index in [1.165, 1.54) is 0 Å². The minimum atomic E-state index is -2.17. The Kier molecular flexibility index (Phi) is 10.2. The van der Waals surface area contributed by atoms with Crippen LogP contribution in [0.25, 0.3) is 0 Å². The molecule has 9 nitrogen and oxygen atoms in total. The minimum Gasteiger partial charge on any atom is -0.480 e. The minimum absolute atomic E-state index is 0.0937. The first-order chi connectivity index (χ1) is 17.2. The van der Waals surface area contributed by atoms with Crippen LogP contribution in [0, 0.1) is 11.8 Å². The zero-order valence-electron chi connectivity index (χ0n) is 20.5. The first-order valence-corrected chi connectivity index (χ1v) is 12.4. The predicted molar refractivity (Wildman–Crippen MR) is 133 cm³/mol. The third-order valence-corrected chi connectivity index (χ3v) is 6.50. The van der Waals surface area contributed by atoms with E-state index in [1.54, 1.807) is 12.1 Å². The van der Waals surface area contributed by atoms with E-state index in [0.29, 0.717) is 64.3 Å². The SMILES string of the molecule is O=C(O)CN1CCN(CC(=O)O)CCN(Cc2ccc(NC(=O)C3(F)C#CCCCCC3)cc2)CC1. The molecule has 36 heavy (non-hydrogen) atoms. The second-order valence-corrected chi connectivity index (χ2v) is 9.43. The van der Waals surface area contributed by atoms with Crippen LogP contribution in [0.4, 0.5) is 10.1 Å². The summed E-state index contributed by atoms with van der Waals surface area (Å²) in [5.74, 6) is 2.73. The van der Waals surface area contributed by atoms with Crippen molar-refractivity contribution in [3.8, 4) is 11.8 Å². The number of carboxylic acid groups (broad SMARTS) is 2. The van der Waals surface area contributed by atoms with E-state index in [-0.39, 0.29) is 19.5 Å². The van der Waals surface area contributed by atoms with Crippen molar-refractivity contribution in [1.82, 2.24) is 14.7 Å². The summed E-state index contributed by atoms with van der Waals surface area (Å²) in [6.45, 7) is 3.75. The molecular weight excluding hydrogens is 467 g/mol. The van der Waals surface area contributed by atoms with Crippen molar-refractivity contribution < 1.29 is 29.0 Å². The Labute approximate surface area is 211 Å². The molecule has 196 valence electrons. The van der Waals surface area contributed by atoms with Crippen molar-refractivity contribution in [3.63, 3.8) is 0 Å². The zero-order chi connectivity index (χ0) is 26.0. The van der Waals surface area contributed by atoms with Gasteiger partial charge in [-0.1, -0.05) is 30.4 Å². The second kappa shape index (κ2) is 13.3. The molecule has 3 N–H and O–H groups in total. The summed E-state index contributed by atoms with van der Waals surface area (Å²) >= 11 is 0. The number of rotatable bonds is 8. The van der Waals surface area contributed by atoms with Gasteiger partial charge in [-0.3, -0.25) is 29.1 Å². The molecule has 0 radical (unpaired) electrons. The molecule has 0 spiro atoms.